The van der Waals surface area contributed by atoms with E-state index in [1.54, 1.807) is 6.92 Å². The Bertz CT molecular complexity index is 716. The number of nitrogen functional groups attached to an aromatic ring is 1. The second-order valence-electron chi connectivity index (χ2n) is 4.59. The van der Waals surface area contributed by atoms with Crippen LogP contribution in [-0.2, 0) is 10.0 Å². The smallest absolute Gasteiger partial charge is 0.244 e. The Morgan fingerprint density at radius 1 is 1.19 bits per heavy atom. The molecular formula is C13H17N5O2S. The number of rotatable bonds is 5. The molecule has 0 radical (unpaired) electrons. The van der Waals surface area contributed by atoms with E-state index in [1.807, 2.05) is 31.2 Å². The third-order valence-corrected chi connectivity index (χ3v) is 4.55. The fraction of sp³-hybridized carbons (Fsp3) is 0.231. The first-order valence-corrected chi connectivity index (χ1v) is 7.79. The quantitative estimate of drug-likeness (QED) is 0.564. The van der Waals surface area contributed by atoms with Crippen molar-refractivity contribution < 1.29 is 8.42 Å². The Kier molecular flexibility index (Phi) is 4.51. The molecule has 2 rings (SSSR count). The summed E-state index contributed by atoms with van der Waals surface area (Å²) in [7, 11) is -3.69. The van der Waals surface area contributed by atoms with Crippen LogP contribution in [0.3, 0.4) is 0 Å². The van der Waals surface area contributed by atoms with E-state index in [0.29, 0.717) is 0 Å². The van der Waals surface area contributed by atoms with Crippen LogP contribution in [0.25, 0.3) is 0 Å². The maximum Gasteiger partial charge on any atom is 0.244 e. The number of sulfonamides is 1. The molecule has 4 N–H and O–H groups in total. The fourth-order valence-corrected chi connectivity index (χ4v) is 3.08. The SMILES string of the molecule is Cc1ccccc1C(C)NS(=O)(=O)c1cnc(NN)nc1. The molecule has 0 bridgehead atoms. The zero-order valence-corrected chi connectivity index (χ0v) is 12.6. The molecule has 0 aliphatic rings. The van der Waals surface area contributed by atoms with Crippen molar-refractivity contribution in [1.29, 1.82) is 0 Å². The van der Waals surface area contributed by atoms with Crippen molar-refractivity contribution in [2.45, 2.75) is 24.8 Å². The monoisotopic (exact) mass is 307 g/mol. The lowest BCUT2D eigenvalue weighted by Crippen LogP contribution is -2.27. The first kappa shape index (κ1) is 15.4. The summed E-state index contributed by atoms with van der Waals surface area (Å²) in [5.74, 6) is 5.30. The van der Waals surface area contributed by atoms with Gasteiger partial charge in [0.05, 0.1) is 12.4 Å². The first-order chi connectivity index (χ1) is 9.94. The Labute approximate surface area is 123 Å². The van der Waals surface area contributed by atoms with Gasteiger partial charge in [-0.25, -0.2) is 29.0 Å². The van der Waals surface area contributed by atoms with E-state index in [1.165, 1.54) is 12.4 Å². The van der Waals surface area contributed by atoms with Gasteiger partial charge in [-0.2, -0.15) is 0 Å². The Morgan fingerprint density at radius 2 is 1.81 bits per heavy atom. The molecule has 0 aliphatic heterocycles. The van der Waals surface area contributed by atoms with E-state index in [2.05, 4.69) is 20.1 Å². The van der Waals surface area contributed by atoms with Crippen molar-refractivity contribution in [1.82, 2.24) is 14.7 Å². The number of aromatic nitrogens is 2. The molecule has 0 amide bonds. The van der Waals surface area contributed by atoms with Crippen LogP contribution < -0.4 is 16.0 Å². The third-order valence-electron chi connectivity index (χ3n) is 3.05. The molecule has 0 saturated heterocycles. The second kappa shape index (κ2) is 6.17. The lowest BCUT2D eigenvalue weighted by atomic mass is 10.0. The zero-order valence-electron chi connectivity index (χ0n) is 11.7. The number of benzene rings is 1. The number of nitrogens with one attached hydrogen (secondary N) is 2. The molecule has 0 spiro atoms. The molecule has 112 valence electrons. The van der Waals surface area contributed by atoms with Crippen LogP contribution in [0.5, 0.6) is 0 Å². The number of hydrazine groups is 1. The molecule has 0 aliphatic carbocycles. The first-order valence-electron chi connectivity index (χ1n) is 6.30. The molecule has 1 aromatic heterocycles. The molecule has 2 aromatic rings. The number of hydrogen-bond acceptors (Lipinski definition) is 6. The minimum Gasteiger partial charge on any atom is -0.292 e. The number of hydrogen-bond donors (Lipinski definition) is 3. The minimum atomic E-state index is -3.69. The van der Waals surface area contributed by atoms with Gasteiger partial charge < -0.3 is 0 Å². The van der Waals surface area contributed by atoms with Crippen molar-refractivity contribution >= 4 is 16.0 Å². The fourth-order valence-electron chi connectivity index (χ4n) is 1.97. The summed E-state index contributed by atoms with van der Waals surface area (Å²) in [5.41, 5.74) is 4.18. The van der Waals surface area contributed by atoms with E-state index in [4.69, 9.17) is 5.84 Å². The van der Waals surface area contributed by atoms with Crippen molar-refractivity contribution in [2.24, 2.45) is 5.84 Å². The third kappa shape index (κ3) is 3.54. The van der Waals surface area contributed by atoms with Crippen molar-refractivity contribution in [3.63, 3.8) is 0 Å². The number of nitrogens with two attached hydrogens (primary N) is 1. The van der Waals surface area contributed by atoms with Gasteiger partial charge in [-0.15, -0.1) is 0 Å². The van der Waals surface area contributed by atoms with Gasteiger partial charge in [-0.1, -0.05) is 24.3 Å². The Balaban J connectivity index is 2.22. The van der Waals surface area contributed by atoms with Crippen molar-refractivity contribution in [3.05, 3.63) is 47.8 Å². The molecule has 1 heterocycles. The van der Waals surface area contributed by atoms with E-state index < -0.39 is 10.0 Å². The summed E-state index contributed by atoms with van der Waals surface area (Å²) in [6, 6.07) is 7.25. The highest BCUT2D eigenvalue weighted by atomic mass is 32.2. The largest absolute Gasteiger partial charge is 0.292 e. The van der Waals surface area contributed by atoms with Gasteiger partial charge in [-0.3, -0.25) is 5.43 Å². The van der Waals surface area contributed by atoms with E-state index in [9.17, 15) is 8.42 Å². The summed E-state index contributed by atoms with van der Waals surface area (Å²) in [5, 5.41) is 0. The zero-order chi connectivity index (χ0) is 15.5. The summed E-state index contributed by atoms with van der Waals surface area (Å²) in [6.07, 6.45) is 2.41. The molecule has 7 nitrogen and oxygen atoms in total. The van der Waals surface area contributed by atoms with E-state index >= 15 is 0 Å². The lowest BCUT2D eigenvalue weighted by Gasteiger charge is -2.16. The van der Waals surface area contributed by atoms with Gasteiger partial charge in [-0.05, 0) is 25.0 Å². The van der Waals surface area contributed by atoms with Crippen LogP contribution in [0.2, 0.25) is 0 Å². The standard InChI is InChI=1S/C13H17N5O2S/c1-9-5-3-4-6-12(9)10(2)18-21(19,20)11-7-15-13(17-14)16-8-11/h3-8,10,18H,14H2,1-2H3,(H,15,16,17). The maximum absolute atomic E-state index is 12.3. The van der Waals surface area contributed by atoms with Crippen LogP contribution in [-0.4, -0.2) is 18.4 Å². The van der Waals surface area contributed by atoms with Gasteiger partial charge >= 0.3 is 0 Å². The molecule has 0 saturated carbocycles. The molecule has 1 atom stereocenters. The number of anilines is 1. The average Bonchev–Trinajstić information content (AvgIpc) is 2.47. The Hall–Kier alpha value is -2.03. The van der Waals surface area contributed by atoms with E-state index in [0.717, 1.165) is 11.1 Å². The number of aryl methyl sites for hydroxylation is 1. The highest BCUT2D eigenvalue weighted by Crippen LogP contribution is 2.19. The van der Waals surface area contributed by atoms with Crippen LogP contribution in [0, 0.1) is 6.92 Å². The minimum absolute atomic E-state index is 0.0121. The summed E-state index contributed by atoms with van der Waals surface area (Å²) in [6.45, 7) is 3.72. The second-order valence-corrected chi connectivity index (χ2v) is 6.30. The lowest BCUT2D eigenvalue weighted by molar-refractivity contribution is 0.565. The summed E-state index contributed by atoms with van der Waals surface area (Å²) >= 11 is 0. The van der Waals surface area contributed by atoms with Gasteiger partial charge in [0.1, 0.15) is 4.90 Å². The predicted molar refractivity (Wildman–Crippen MR) is 79.8 cm³/mol. The van der Waals surface area contributed by atoms with Crippen LogP contribution in [0.15, 0.2) is 41.6 Å². The van der Waals surface area contributed by atoms with Crippen molar-refractivity contribution in [3.8, 4) is 0 Å². The predicted octanol–water partition coefficient (Wildman–Crippen LogP) is 1.11. The number of nitrogens with zero attached hydrogens (tertiary/aromatic N) is 2. The van der Waals surface area contributed by atoms with Crippen molar-refractivity contribution in [2.75, 3.05) is 5.43 Å². The van der Waals surface area contributed by atoms with Gasteiger partial charge in [0, 0.05) is 6.04 Å². The highest BCUT2D eigenvalue weighted by Gasteiger charge is 2.20. The molecule has 1 aromatic carbocycles. The maximum atomic E-state index is 12.3. The van der Waals surface area contributed by atoms with Crippen LogP contribution in [0.1, 0.15) is 24.1 Å². The van der Waals surface area contributed by atoms with Gasteiger partial charge in [0.25, 0.3) is 0 Å². The Morgan fingerprint density at radius 3 is 2.38 bits per heavy atom. The normalized spacial score (nSPS) is 12.9. The van der Waals surface area contributed by atoms with E-state index in [-0.39, 0.29) is 16.9 Å². The van der Waals surface area contributed by atoms with Gasteiger partial charge in [0.2, 0.25) is 16.0 Å². The van der Waals surface area contributed by atoms with Crippen LogP contribution in [0.4, 0.5) is 5.95 Å². The molecule has 1 unspecified atom stereocenters. The summed E-state index contributed by atoms with van der Waals surface area (Å²) < 4.78 is 27.2. The highest BCUT2D eigenvalue weighted by molar-refractivity contribution is 7.89. The molecular weight excluding hydrogens is 290 g/mol. The van der Waals surface area contributed by atoms with Gasteiger partial charge in [0.15, 0.2) is 0 Å². The molecule has 8 heteroatoms. The molecule has 21 heavy (non-hydrogen) atoms. The topological polar surface area (TPSA) is 110 Å². The van der Waals surface area contributed by atoms with Crippen LogP contribution >= 0.6 is 0 Å². The summed E-state index contributed by atoms with van der Waals surface area (Å²) in [4.78, 5) is 7.58. The average molecular weight is 307 g/mol. The molecule has 0 fully saturated rings.